The molecule has 98 valence electrons. The van der Waals surface area contributed by atoms with E-state index in [9.17, 15) is 4.79 Å². The van der Waals surface area contributed by atoms with Crippen LogP contribution in [0.15, 0.2) is 11.1 Å². The molecular weight excluding hydrogens is 315 g/mol. The van der Waals surface area contributed by atoms with Crippen LogP contribution in [0, 0.1) is 0 Å². The first-order valence-corrected chi connectivity index (χ1v) is 7.62. The Bertz CT molecular complexity index is 464. The van der Waals surface area contributed by atoms with Crippen LogP contribution >= 0.6 is 46.6 Å². The number of aromatic nitrogens is 1. The SMILES string of the molecule is O=C(CSc1nc(Cl)c(Cl)cc1Cl)N1CCCC1. The molecule has 1 aromatic rings. The van der Waals surface area contributed by atoms with Crippen LogP contribution in [0.3, 0.4) is 0 Å². The summed E-state index contributed by atoms with van der Waals surface area (Å²) in [6.07, 6.45) is 2.17. The summed E-state index contributed by atoms with van der Waals surface area (Å²) in [6.45, 7) is 1.70. The highest BCUT2D eigenvalue weighted by molar-refractivity contribution is 8.00. The fourth-order valence-electron chi connectivity index (χ4n) is 1.72. The minimum absolute atomic E-state index is 0.112. The van der Waals surface area contributed by atoms with Crippen LogP contribution in [0.2, 0.25) is 15.2 Å². The summed E-state index contributed by atoms with van der Waals surface area (Å²) in [6, 6.07) is 1.54. The molecule has 0 atom stereocenters. The second-order valence-corrected chi connectivity index (χ2v) is 6.06. The first-order valence-electron chi connectivity index (χ1n) is 5.50. The molecule has 7 heteroatoms. The number of pyridine rings is 1. The van der Waals surface area contributed by atoms with E-state index in [-0.39, 0.29) is 11.1 Å². The van der Waals surface area contributed by atoms with Crippen molar-refractivity contribution >= 4 is 52.5 Å². The Kier molecular flexibility index (Phi) is 5.01. The van der Waals surface area contributed by atoms with Crippen molar-refractivity contribution in [3.63, 3.8) is 0 Å². The Hall–Kier alpha value is -0.160. The van der Waals surface area contributed by atoms with E-state index in [1.807, 2.05) is 4.90 Å². The summed E-state index contributed by atoms with van der Waals surface area (Å²) in [5.74, 6) is 0.437. The lowest BCUT2D eigenvalue weighted by Gasteiger charge is -2.14. The molecule has 1 saturated heterocycles. The van der Waals surface area contributed by atoms with Crippen LogP contribution in [0.25, 0.3) is 0 Å². The smallest absolute Gasteiger partial charge is 0.232 e. The standard InChI is InChI=1S/C11H11Cl3N2OS/c12-7-5-8(13)11(15-10(7)14)18-6-9(17)16-3-1-2-4-16/h5H,1-4,6H2. The number of carbonyl (C=O) groups is 1. The van der Waals surface area contributed by atoms with E-state index in [4.69, 9.17) is 34.8 Å². The molecule has 1 aliphatic heterocycles. The summed E-state index contributed by atoms with van der Waals surface area (Å²) in [4.78, 5) is 17.8. The average Bonchev–Trinajstić information content (AvgIpc) is 2.85. The quantitative estimate of drug-likeness (QED) is 0.627. The van der Waals surface area contributed by atoms with Crippen LogP contribution in [0.4, 0.5) is 0 Å². The number of likely N-dealkylation sites (tertiary alicyclic amines) is 1. The number of halogens is 3. The number of nitrogens with zero attached hydrogens (tertiary/aromatic N) is 2. The third kappa shape index (κ3) is 3.44. The van der Waals surface area contributed by atoms with E-state index in [1.54, 1.807) is 6.07 Å². The maximum Gasteiger partial charge on any atom is 0.232 e. The Morgan fingerprint density at radius 1 is 1.28 bits per heavy atom. The molecule has 0 aromatic carbocycles. The summed E-state index contributed by atoms with van der Waals surface area (Å²) < 4.78 is 0. The van der Waals surface area contributed by atoms with Gasteiger partial charge in [-0.3, -0.25) is 4.79 Å². The van der Waals surface area contributed by atoms with Gasteiger partial charge in [-0.05, 0) is 18.9 Å². The zero-order valence-electron chi connectivity index (χ0n) is 9.46. The van der Waals surface area contributed by atoms with Crippen molar-refractivity contribution in [3.05, 3.63) is 21.3 Å². The lowest BCUT2D eigenvalue weighted by atomic mass is 10.4. The highest BCUT2D eigenvalue weighted by Gasteiger charge is 2.18. The number of thioether (sulfide) groups is 1. The molecule has 18 heavy (non-hydrogen) atoms. The van der Waals surface area contributed by atoms with Crippen molar-refractivity contribution < 1.29 is 4.79 Å². The van der Waals surface area contributed by atoms with Gasteiger partial charge in [0.15, 0.2) is 0 Å². The lowest BCUT2D eigenvalue weighted by Crippen LogP contribution is -2.29. The van der Waals surface area contributed by atoms with Gasteiger partial charge in [-0.25, -0.2) is 4.98 Å². The van der Waals surface area contributed by atoms with Gasteiger partial charge in [-0.15, -0.1) is 0 Å². The van der Waals surface area contributed by atoms with Crippen LogP contribution in [0.1, 0.15) is 12.8 Å². The molecule has 0 bridgehead atoms. The fourth-order valence-corrected chi connectivity index (χ4v) is 3.22. The molecule has 2 heterocycles. The topological polar surface area (TPSA) is 33.2 Å². The zero-order valence-corrected chi connectivity index (χ0v) is 12.5. The third-order valence-electron chi connectivity index (χ3n) is 2.65. The summed E-state index contributed by atoms with van der Waals surface area (Å²) >= 11 is 18.9. The van der Waals surface area contributed by atoms with Crippen LogP contribution < -0.4 is 0 Å². The first kappa shape index (κ1) is 14.3. The monoisotopic (exact) mass is 324 g/mol. The van der Waals surface area contributed by atoms with Crippen LogP contribution in [-0.2, 0) is 4.79 Å². The molecule has 2 rings (SSSR count). The van der Waals surface area contributed by atoms with Gasteiger partial charge in [-0.2, -0.15) is 0 Å². The van der Waals surface area contributed by atoms with Crippen LogP contribution in [-0.4, -0.2) is 34.6 Å². The highest BCUT2D eigenvalue weighted by atomic mass is 35.5. The minimum Gasteiger partial charge on any atom is -0.342 e. The molecule has 1 aliphatic rings. The molecule has 1 fully saturated rings. The normalized spacial score (nSPS) is 15.2. The predicted molar refractivity (Wildman–Crippen MR) is 75.8 cm³/mol. The van der Waals surface area contributed by atoms with Crippen molar-refractivity contribution in [1.82, 2.24) is 9.88 Å². The van der Waals surface area contributed by atoms with Gasteiger partial charge in [0.25, 0.3) is 0 Å². The average molecular weight is 326 g/mol. The number of rotatable bonds is 3. The molecule has 3 nitrogen and oxygen atoms in total. The molecule has 0 unspecified atom stereocenters. The Balaban J connectivity index is 1.97. The maximum atomic E-state index is 11.9. The van der Waals surface area contributed by atoms with Crippen molar-refractivity contribution in [1.29, 1.82) is 0 Å². The summed E-state index contributed by atoms with van der Waals surface area (Å²) in [5.41, 5.74) is 0. The fraction of sp³-hybridized carbons (Fsp3) is 0.455. The Morgan fingerprint density at radius 3 is 2.61 bits per heavy atom. The van der Waals surface area contributed by atoms with E-state index < -0.39 is 0 Å². The van der Waals surface area contributed by atoms with Gasteiger partial charge >= 0.3 is 0 Å². The molecular formula is C11H11Cl3N2OS. The first-order chi connectivity index (χ1) is 8.58. The summed E-state index contributed by atoms with van der Waals surface area (Å²) in [5, 5.41) is 1.48. The molecule has 0 radical (unpaired) electrons. The van der Waals surface area contributed by atoms with Gasteiger partial charge in [0.05, 0.1) is 15.8 Å². The largest absolute Gasteiger partial charge is 0.342 e. The summed E-state index contributed by atoms with van der Waals surface area (Å²) in [7, 11) is 0. The van der Waals surface area contributed by atoms with Gasteiger partial charge < -0.3 is 4.90 Å². The van der Waals surface area contributed by atoms with Crippen LogP contribution in [0.5, 0.6) is 0 Å². The molecule has 1 aromatic heterocycles. The van der Waals surface area contributed by atoms with E-state index in [1.165, 1.54) is 11.8 Å². The molecule has 0 N–H and O–H groups in total. The molecule has 0 saturated carbocycles. The zero-order chi connectivity index (χ0) is 13.1. The minimum atomic E-state index is 0.112. The van der Waals surface area contributed by atoms with E-state index in [0.717, 1.165) is 25.9 Å². The van der Waals surface area contributed by atoms with Crippen molar-refractivity contribution in [2.24, 2.45) is 0 Å². The van der Waals surface area contributed by atoms with Gasteiger partial charge in [0.1, 0.15) is 10.2 Å². The van der Waals surface area contributed by atoms with E-state index in [2.05, 4.69) is 4.98 Å². The highest BCUT2D eigenvalue weighted by Crippen LogP contribution is 2.31. The van der Waals surface area contributed by atoms with Crippen molar-refractivity contribution in [2.45, 2.75) is 17.9 Å². The second kappa shape index (κ2) is 6.33. The van der Waals surface area contributed by atoms with Gasteiger partial charge in [0.2, 0.25) is 5.91 Å². The predicted octanol–water partition coefficient (Wildman–Crippen LogP) is 3.76. The number of amides is 1. The van der Waals surface area contributed by atoms with Gasteiger partial charge in [0, 0.05) is 13.1 Å². The van der Waals surface area contributed by atoms with E-state index >= 15 is 0 Å². The van der Waals surface area contributed by atoms with Crippen molar-refractivity contribution in [2.75, 3.05) is 18.8 Å². The van der Waals surface area contributed by atoms with Crippen molar-refractivity contribution in [3.8, 4) is 0 Å². The number of hydrogen-bond donors (Lipinski definition) is 0. The molecule has 0 aliphatic carbocycles. The molecule has 1 amide bonds. The number of carbonyl (C=O) groups excluding carboxylic acids is 1. The second-order valence-electron chi connectivity index (χ2n) is 3.92. The number of hydrogen-bond acceptors (Lipinski definition) is 3. The Labute approximate surface area is 125 Å². The maximum absolute atomic E-state index is 11.9. The Morgan fingerprint density at radius 2 is 1.94 bits per heavy atom. The lowest BCUT2D eigenvalue weighted by molar-refractivity contribution is -0.127. The third-order valence-corrected chi connectivity index (χ3v) is 4.69. The van der Waals surface area contributed by atoms with E-state index in [0.29, 0.717) is 20.8 Å². The van der Waals surface area contributed by atoms with Gasteiger partial charge in [-0.1, -0.05) is 46.6 Å². The molecule has 0 spiro atoms.